The quantitative estimate of drug-likeness (QED) is 0.640. The number of amides is 1. The third kappa shape index (κ3) is 4.08. The molecule has 1 amide bonds. The molecule has 0 aromatic heterocycles. The predicted molar refractivity (Wildman–Crippen MR) is 63.4 cm³/mol. The standard InChI is InChI=1S/C11H23N3O2/c1-9(14(3)4)5-13-10(15)6-16-11(2)7-12-8-11/h9,12H,5-8H2,1-4H3,(H,13,15). The van der Waals surface area contributed by atoms with Crippen LogP contribution in [0.1, 0.15) is 13.8 Å². The summed E-state index contributed by atoms with van der Waals surface area (Å²) in [5.41, 5.74) is -0.148. The van der Waals surface area contributed by atoms with Gasteiger partial charge in [0.25, 0.3) is 0 Å². The van der Waals surface area contributed by atoms with E-state index in [0.29, 0.717) is 12.6 Å². The van der Waals surface area contributed by atoms with Crippen LogP contribution < -0.4 is 10.6 Å². The van der Waals surface area contributed by atoms with Crippen molar-refractivity contribution in [3.63, 3.8) is 0 Å². The summed E-state index contributed by atoms with van der Waals surface area (Å²) in [5, 5.41) is 5.99. The molecule has 1 heterocycles. The molecule has 0 bridgehead atoms. The number of carbonyl (C=O) groups excluding carboxylic acids is 1. The van der Waals surface area contributed by atoms with Crippen molar-refractivity contribution in [2.24, 2.45) is 0 Å². The van der Waals surface area contributed by atoms with Crippen molar-refractivity contribution in [2.75, 3.05) is 40.3 Å². The van der Waals surface area contributed by atoms with E-state index in [1.54, 1.807) is 0 Å². The Morgan fingerprint density at radius 3 is 2.62 bits per heavy atom. The minimum atomic E-state index is -0.148. The van der Waals surface area contributed by atoms with Crippen LogP contribution in [0.5, 0.6) is 0 Å². The number of likely N-dealkylation sites (N-methyl/N-ethyl adjacent to an activating group) is 1. The molecule has 1 fully saturated rings. The lowest BCUT2D eigenvalue weighted by molar-refractivity contribution is -0.136. The van der Waals surface area contributed by atoms with Gasteiger partial charge < -0.3 is 20.3 Å². The first-order valence-electron chi connectivity index (χ1n) is 5.71. The first-order chi connectivity index (χ1) is 7.43. The van der Waals surface area contributed by atoms with Gasteiger partial charge in [0, 0.05) is 25.7 Å². The van der Waals surface area contributed by atoms with Crippen LogP contribution in [-0.2, 0) is 9.53 Å². The van der Waals surface area contributed by atoms with E-state index in [4.69, 9.17) is 4.74 Å². The Balaban J connectivity index is 2.11. The Labute approximate surface area is 97.5 Å². The molecule has 1 unspecified atom stereocenters. The van der Waals surface area contributed by atoms with Crippen molar-refractivity contribution in [3.05, 3.63) is 0 Å². The molecule has 0 aromatic carbocycles. The van der Waals surface area contributed by atoms with Crippen molar-refractivity contribution >= 4 is 5.91 Å². The molecule has 0 radical (unpaired) electrons. The van der Waals surface area contributed by atoms with Crippen LogP contribution >= 0.6 is 0 Å². The number of rotatable bonds is 6. The fourth-order valence-electron chi connectivity index (χ4n) is 1.31. The number of carbonyl (C=O) groups is 1. The lowest BCUT2D eigenvalue weighted by atomic mass is 10.0. The van der Waals surface area contributed by atoms with E-state index in [-0.39, 0.29) is 18.1 Å². The van der Waals surface area contributed by atoms with Gasteiger partial charge in [-0.3, -0.25) is 4.79 Å². The zero-order chi connectivity index (χ0) is 12.2. The molecular formula is C11H23N3O2. The predicted octanol–water partition coefficient (Wildman–Crippen LogP) is -0.569. The van der Waals surface area contributed by atoms with E-state index >= 15 is 0 Å². The topological polar surface area (TPSA) is 53.6 Å². The third-order valence-electron chi connectivity index (χ3n) is 3.03. The van der Waals surface area contributed by atoms with Crippen LogP contribution in [0.4, 0.5) is 0 Å². The van der Waals surface area contributed by atoms with Gasteiger partial charge in [0.05, 0.1) is 5.60 Å². The first-order valence-corrected chi connectivity index (χ1v) is 5.71. The van der Waals surface area contributed by atoms with Crippen LogP contribution in [0.3, 0.4) is 0 Å². The smallest absolute Gasteiger partial charge is 0.246 e. The molecule has 0 aromatic rings. The van der Waals surface area contributed by atoms with Crippen LogP contribution in [0, 0.1) is 0 Å². The van der Waals surface area contributed by atoms with Gasteiger partial charge in [-0.05, 0) is 27.9 Å². The maximum atomic E-state index is 11.5. The molecule has 0 saturated carbocycles. The number of hydrogen-bond donors (Lipinski definition) is 2. The molecule has 0 aliphatic carbocycles. The number of hydrogen-bond acceptors (Lipinski definition) is 4. The fraction of sp³-hybridized carbons (Fsp3) is 0.909. The average molecular weight is 229 g/mol. The van der Waals surface area contributed by atoms with Crippen molar-refractivity contribution in [2.45, 2.75) is 25.5 Å². The Morgan fingerprint density at radius 1 is 1.56 bits per heavy atom. The van der Waals surface area contributed by atoms with Gasteiger partial charge in [-0.15, -0.1) is 0 Å². The van der Waals surface area contributed by atoms with Gasteiger partial charge in [0.2, 0.25) is 5.91 Å². The summed E-state index contributed by atoms with van der Waals surface area (Å²) in [6, 6.07) is 0.338. The van der Waals surface area contributed by atoms with Gasteiger partial charge in [-0.2, -0.15) is 0 Å². The molecule has 1 atom stereocenters. The SMILES string of the molecule is CC(CNC(=O)COC1(C)CNC1)N(C)C. The van der Waals surface area contributed by atoms with E-state index in [2.05, 4.69) is 22.5 Å². The van der Waals surface area contributed by atoms with Crippen molar-refractivity contribution in [1.82, 2.24) is 15.5 Å². The second-order valence-corrected chi connectivity index (χ2v) is 4.96. The van der Waals surface area contributed by atoms with Gasteiger partial charge in [-0.1, -0.05) is 0 Å². The number of nitrogens with one attached hydrogen (secondary N) is 2. The zero-order valence-corrected chi connectivity index (χ0v) is 10.7. The molecule has 5 nitrogen and oxygen atoms in total. The highest BCUT2D eigenvalue weighted by Crippen LogP contribution is 2.14. The van der Waals surface area contributed by atoms with E-state index in [1.165, 1.54) is 0 Å². The maximum Gasteiger partial charge on any atom is 0.246 e. The van der Waals surface area contributed by atoms with Crippen LogP contribution in [0.15, 0.2) is 0 Å². The molecule has 5 heteroatoms. The molecule has 1 saturated heterocycles. The largest absolute Gasteiger partial charge is 0.363 e. The fourth-order valence-corrected chi connectivity index (χ4v) is 1.31. The zero-order valence-electron chi connectivity index (χ0n) is 10.7. The van der Waals surface area contributed by atoms with E-state index < -0.39 is 0 Å². The Morgan fingerprint density at radius 2 is 2.19 bits per heavy atom. The van der Waals surface area contributed by atoms with Crippen LogP contribution in [-0.4, -0.2) is 62.8 Å². The number of nitrogens with zero attached hydrogens (tertiary/aromatic N) is 1. The molecule has 0 spiro atoms. The Kier molecular flexibility index (Phi) is 4.70. The molecule has 1 aliphatic heterocycles. The van der Waals surface area contributed by atoms with Gasteiger partial charge in [0.15, 0.2) is 0 Å². The first kappa shape index (κ1) is 13.4. The highest BCUT2D eigenvalue weighted by atomic mass is 16.5. The second-order valence-electron chi connectivity index (χ2n) is 4.96. The van der Waals surface area contributed by atoms with E-state index in [1.807, 2.05) is 21.0 Å². The summed E-state index contributed by atoms with van der Waals surface area (Å²) in [5.74, 6) is -0.0400. The normalized spacial score (nSPS) is 20.3. The summed E-state index contributed by atoms with van der Waals surface area (Å²) in [4.78, 5) is 13.5. The summed E-state index contributed by atoms with van der Waals surface area (Å²) < 4.78 is 5.53. The highest BCUT2D eigenvalue weighted by molar-refractivity contribution is 5.77. The van der Waals surface area contributed by atoms with Crippen LogP contribution in [0.25, 0.3) is 0 Å². The molecular weight excluding hydrogens is 206 g/mol. The molecule has 16 heavy (non-hydrogen) atoms. The van der Waals surface area contributed by atoms with Gasteiger partial charge >= 0.3 is 0 Å². The third-order valence-corrected chi connectivity index (χ3v) is 3.03. The molecule has 2 N–H and O–H groups in total. The van der Waals surface area contributed by atoms with Gasteiger partial charge in [-0.25, -0.2) is 0 Å². The second kappa shape index (κ2) is 5.61. The number of ether oxygens (including phenoxy) is 1. The van der Waals surface area contributed by atoms with Crippen LogP contribution in [0.2, 0.25) is 0 Å². The minimum Gasteiger partial charge on any atom is -0.363 e. The molecule has 1 aliphatic rings. The van der Waals surface area contributed by atoms with E-state index in [0.717, 1.165) is 13.1 Å². The van der Waals surface area contributed by atoms with Crippen molar-refractivity contribution in [1.29, 1.82) is 0 Å². The van der Waals surface area contributed by atoms with Crippen molar-refractivity contribution < 1.29 is 9.53 Å². The Hall–Kier alpha value is -0.650. The summed E-state index contributed by atoms with van der Waals surface area (Å²) >= 11 is 0. The molecule has 1 rings (SSSR count). The van der Waals surface area contributed by atoms with Gasteiger partial charge in [0.1, 0.15) is 6.61 Å². The maximum absolute atomic E-state index is 11.5. The summed E-state index contributed by atoms with van der Waals surface area (Å²) in [6.45, 7) is 6.54. The summed E-state index contributed by atoms with van der Waals surface area (Å²) in [7, 11) is 3.99. The lowest BCUT2D eigenvalue weighted by Crippen LogP contribution is -2.59. The minimum absolute atomic E-state index is 0.0400. The average Bonchev–Trinajstić information content (AvgIpc) is 2.19. The lowest BCUT2D eigenvalue weighted by Gasteiger charge is -2.38. The monoisotopic (exact) mass is 229 g/mol. The molecule has 94 valence electrons. The highest BCUT2D eigenvalue weighted by Gasteiger charge is 2.32. The Bertz CT molecular complexity index is 239. The summed E-state index contributed by atoms with van der Waals surface area (Å²) in [6.07, 6.45) is 0. The van der Waals surface area contributed by atoms with Crippen molar-refractivity contribution in [3.8, 4) is 0 Å². The van der Waals surface area contributed by atoms with E-state index in [9.17, 15) is 4.79 Å².